The average molecular weight is 1640 g/mol. The minimum atomic E-state index is -4.61. The van der Waals surface area contributed by atoms with Crippen LogP contribution in [0.15, 0.2) is 181 Å². The zero-order valence-corrected chi connectivity index (χ0v) is 61.3. The zero-order valence-electron chi connectivity index (χ0n) is 60.5. The summed E-state index contributed by atoms with van der Waals surface area (Å²) in [6, 6.07) is 38.7. The molecule has 0 radical (unpaired) electrons. The van der Waals surface area contributed by atoms with E-state index >= 15 is 0 Å². The second kappa shape index (κ2) is 33.2. The Balaban J connectivity index is 0.000000136. The Morgan fingerprint density at radius 3 is 1.51 bits per heavy atom. The highest BCUT2D eigenvalue weighted by molar-refractivity contribution is 7.98. The van der Waals surface area contributed by atoms with E-state index in [-0.39, 0.29) is 69.2 Å². The standard InChI is InChI=1S/C19H14F4N6O2.C19H15F3N6S.C19H16F2N6.C18H12F5N7/c20-9-5-6-29-13(7-9)14(12(8-30)28-29)17-26-16(24)15(21)18(27-17)25-10-1-3-11(4-2-10)31-19(22)23;1-29-18-25-13-4-2-3-5-14(13)28(18)17-26-15(23)10-16(27-17)24-12-8-6-11(7-9-12)19(20,21)22;1-10-3-6-13(7-4-10)24-18-16(21)17(22)25-19(26-18)27-11(2)23-14-8-5-12(20)9-15(14)27;1-8-26-11-4-2-9(19)6-12(11)30(8)17-28-15(24)14(20)16(29-17)27-10-3-5-13(25-7-10)18(21,22)23/h1-7,19,30H,8H2,(H3,24,25,26,27);2-10H,1H3,(H3,23,24,26,27);3-9H,1-2H3,(H3,22,24,25,26);2-7H,1H3,(H3,24,27,28,29). The summed E-state index contributed by atoms with van der Waals surface area (Å²) in [5, 5.41) is 25.6. The molecule has 10 heterocycles. The van der Waals surface area contributed by atoms with E-state index in [1.807, 2.05) is 49.6 Å². The molecular weight excluding hydrogens is 1580 g/mol. The van der Waals surface area contributed by atoms with Gasteiger partial charge in [0.1, 0.15) is 52.2 Å². The maximum absolute atomic E-state index is 14.6. The molecule has 598 valence electrons. The minimum absolute atomic E-state index is 0.0456. The van der Waals surface area contributed by atoms with Crippen molar-refractivity contribution in [1.82, 2.24) is 83.1 Å². The number of nitrogen functional groups attached to an aromatic ring is 4. The fourth-order valence-corrected chi connectivity index (χ4v) is 12.0. The lowest BCUT2D eigenvalue weighted by molar-refractivity contribution is -0.141. The summed E-state index contributed by atoms with van der Waals surface area (Å²) >= 11 is 1.44. The van der Waals surface area contributed by atoms with Crippen LogP contribution in [0.3, 0.4) is 0 Å². The molecule has 10 aromatic heterocycles. The number of nitrogens with one attached hydrogen (secondary N) is 4. The number of nitrogens with two attached hydrogens (primary N) is 4. The van der Waals surface area contributed by atoms with Gasteiger partial charge in [0.2, 0.25) is 35.3 Å². The van der Waals surface area contributed by atoms with E-state index in [0.29, 0.717) is 67.7 Å². The number of hydrogen-bond acceptors (Lipinski definition) is 24. The minimum Gasteiger partial charge on any atom is -0.435 e. The van der Waals surface area contributed by atoms with Crippen LogP contribution >= 0.6 is 11.8 Å². The second-order valence-corrected chi connectivity index (χ2v) is 25.6. The summed E-state index contributed by atoms with van der Waals surface area (Å²) in [6.45, 7) is 1.82. The third-order valence-electron chi connectivity index (χ3n) is 16.7. The highest BCUT2D eigenvalue weighted by Gasteiger charge is 2.33. The molecule has 0 atom stereocenters. The number of halogens is 14. The van der Waals surface area contributed by atoms with Crippen LogP contribution in [0.4, 0.5) is 131 Å². The van der Waals surface area contributed by atoms with Gasteiger partial charge >= 0.3 is 19.0 Å². The van der Waals surface area contributed by atoms with Crippen LogP contribution in [-0.4, -0.2) is 101 Å². The molecule has 0 bridgehead atoms. The molecule has 0 spiro atoms. The van der Waals surface area contributed by atoms with Gasteiger partial charge in [-0.05, 0) is 142 Å². The van der Waals surface area contributed by atoms with Gasteiger partial charge in [0, 0.05) is 47.5 Å². The Labute approximate surface area is 653 Å². The molecule has 42 heteroatoms. The van der Waals surface area contributed by atoms with Crippen LogP contribution in [0.2, 0.25) is 0 Å². The molecule has 0 amide bonds. The number of aliphatic hydroxyl groups is 1. The molecule has 0 unspecified atom stereocenters. The van der Waals surface area contributed by atoms with E-state index in [9.17, 15) is 66.6 Å². The monoisotopic (exact) mass is 1640 g/mol. The van der Waals surface area contributed by atoms with Crippen molar-refractivity contribution < 1.29 is 71.3 Å². The first-order valence-electron chi connectivity index (χ1n) is 33.9. The zero-order chi connectivity index (χ0) is 83.5. The predicted octanol–water partition coefficient (Wildman–Crippen LogP) is 16.5. The van der Waals surface area contributed by atoms with Crippen molar-refractivity contribution in [1.29, 1.82) is 0 Å². The summed E-state index contributed by atoms with van der Waals surface area (Å²) in [5.74, 6) is -4.66. The summed E-state index contributed by atoms with van der Waals surface area (Å²) in [7, 11) is 0. The highest BCUT2D eigenvalue weighted by atomic mass is 32.2. The first-order chi connectivity index (χ1) is 55.7. The summed E-state index contributed by atoms with van der Waals surface area (Å²) in [5.41, 5.74) is 27.8. The number of aliphatic hydroxyl groups excluding tert-OH is 1. The van der Waals surface area contributed by atoms with Gasteiger partial charge in [-0.1, -0.05) is 41.6 Å². The second-order valence-electron chi connectivity index (χ2n) is 24.8. The van der Waals surface area contributed by atoms with Gasteiger partial charge in [-0.2, -0.15) is 83.3 Å². The van der Waals surface area contributed by atoms with Gasteiger partial charge in [-0.25, -0.2) is 47.6 Å². The molecular formula is C75H57F14N25O2S. The van der Waals surface area contributed by atoms with Crippen LogP contribution in [0.25, 0.3) is 67.8 Å². The smallest absolute Gasteiger partial charge is 0.433 e. The molecule has 0 fully saturated rings. The number of hydrogen-bond donors (Lipinski definition) is 9. The number of imidazole rings is 3. The maximum Gasteiger partial charge on any atom is 0.433 e. The predicted molar refractivity (Wildman–Crippen MR) is 409 cm³/mol. The quantitative estimate of drug-likeness (QED) is 0.0320. The number of aryl methyl sites for hydroxylation is 3. The number of fused-ring (bicyclic) bond motifs is 4. The van der Waals surface area contributed by atoms with Gasteiger partial charge in [0.15, 0.2) is 45.9 Å². The first kappa shape index (κ1) is 80.5. The topological polar surface area (TPSA) is 368 Å². The van der Waals surface area contributed by atoms with E-state index < -0.39 is 89.2 Å². The van der Waals surface area contributed by atoms with Gasteiger partial charge in [0.05, 0.1) is 73.9 Å². The lowest BCUT2D eigenvalue weighted by atomic mass is 10.2. The Kier molecular flexibility index (Phi) is 22.9. The van der Waals surface area contributed by atoms with Gasteiger partial charge in [-0.3, -0.25) is 13.7 Å². The van der Waals surface area contributed by atoms with Crippen molar-refractivity contribution in [2.24, 2.45) is 0 Å². The van der Waals surface area contributed by atoms with Gasteiger partial charge < -0.3 is 54.0 Å². The number of anilines is 12. The first-order valence-corrected chi connectivity index (χ1v) is 35.1. The normalized spacial score (nSPS) is 11.5. The number of aromatic nitrogens is 17. The number of alkyl halides is 8. The van der Waals surface area contributed by atoms with Crippen molar-refractivity contribution in [3.8, 4) is 35.0 Å². The number of rotatable bonds is 16. The molecule has 0 aliphatic rings. The van der Waals surface area contributed by atoms with E-state index in [4.69, 9.17) is 22.9 Å². The maximum atomic E-state index is 14.6. The van der Waals surface area contributed by atoms with Gasteiger partial charge in [-0.15, -0.1) is 0 Å². The highest BCUT2D eigenvalue weighted by Crippen LogP contribution is 2.36. The van der Waals surface area contributed by atoms with Crippen LogP contribution in [-0.2, 0) is 19.0 Å². The van der Waals surface area contributed by atoms with Crippen molar-refractivity contribution in [2.75, 3.05) is 50.5 Å². The summed E-state index contributed by atoms with van der Waals surface area (Å²) in [6.07, 6.45) is -4.87. The van der Waals surface area contributed by atoms with E-state index in [2.05, 4.69) is 90.9 Å². The number of benzene rings is 6. The number of nitrogens with zero attached hydrogens (tertiary/aromatic N) is 17. The van der Waals surface area contributed by atoms with Crippen LogP contribution in [0.1, 0.15) is 34.2 Å². The van der Waals surface area contributed by atoms with Crippen molar-refractivity contribution >= 4 is 120 Å². The van der Waals surface area contributed by atoms with E-state index in [0.717, 1.165) is 47.1 Å². The van der Waals surface area contributed by atoms with E-state index in [1.165, 1.54) is 117 Å². The molecule has 0 saturated carbocycles. The Hall–Kier alpha value is -14.6. The summed E-state index contributed by atoms with van der Waals surface area (Å²) < 4.78 is 196. The largest absolute Gasteiger partial charge is 0.435 e. The average Bonchev–Trinajstić information content (AvgIpc) is 1.30. The molecule has 16 aromatic rings. The number of para-hydroxylation sites is 2. The van der Waals surface area contributed by atoms with Crippen LogP contribution < -0.4 is 48.9 Å². The number of ether oxygens (including phenoxy) is 1. The third kappa shape index (κ3) is 18.1. The fourth-order valence-electron chi connectivity index (χ4n) is 11.4. The number of pyridine rings is 2. The summed E-state index contributed by atoms with van der Waals surface area (Å²) in [4.78, 5) is 49.6. The van der Waals surface area contributed by atoms with Crippen LogP contribution in [0.5, 0.6) is 5.75 Å². The third-order valence-corrected chi connectivity index (χ3v) is 17.4. The molecule has 13 N–H and O–H groups in total. The SMILES string of the molecule is CSc1nc2ccccc2n1-c1nc(N)cc(Nc2ccc(C(F)(F)F)cc2)n1.Cc1ccc(Nc2nc(-n3c(C)nc4ccc(F)cc43)nc(N)c2F)cc1.Cc1nc2ccc(F)cc2n1-c1nc(N)c(F)c(Nc2ccc(C(F)(F)F)nc2)n1.Nc1nc(-c2c(CO)nn3ccc(F)cc23)nc(Nc2ccc(OC(F)F)cc2)c1F. The van der Waals surface area contributed by atoms with E-state index in [1.54, 1.807) is 36.6 Å². The molecule has 6 aromatic carbocycles. The lowest BCUT2D eigenvalue weighted by Gasteiger charge is -2.12. The van der Waals surface area contributed by atoms with Crippen LogP contribution in [0, 0.1) is 55.7 Å². The van der Waals surface area contributed by atoms with Crippen molar-refractivity contribution in [3.63, 3.8) is 0 Å². The molecule has 0 aliphatic carbocycles. The molecule has 0 aliphatic heterocycles. The molecule has 16 rings (SSSR count). The Morgan fingerprint density at radius 2 is 0.974 bits per heavy atom. The Bertz CT molecular complexity index is 6350. The van der Waals surface area contributed by atoms with Crippen molar-refractivity contribution in [2.45, 2.75) is 51.5 Å². The Morgan fingerprint density at radius 1 is 0.479 bits per heavy atom. The number of thioether (sulfide) groups is 1. The lowest BCUT2D eigenvalue weighted by Crippen LogP contribution is -2.11. The molecule has 117 heavy (non-hydrogen) atoms. The fraction of sp³-hybridized carbons (Fsp3) is 0.107. The molecule has 27 nitrogen and oxygen atoms in total. The molecule has 0 saturated heterocycles. The van der Waals surface area contributed by atoms with Gasteiger partial charge in [0.25, 0.3) is 0 Å². The van der Waals surface area contributed by atoms with Crippen molar-refractivity contribution in [3.05, 3.63) is 245 Å².